The maximum Gasteiger partial charge on any atom is 0.190 e. The van der Waals surface area contributed by atoms with Gasteiger partial charge in [0, 0.05) is 22.8 Å². The molecule has 4 nitrogen and oxygen atoms in total. The molecule has 0 saturated heterocycles. The molecular formula is C19H14ClN3O. The first-order valence-corrected chi connectivity index (χ1v) is 8.05. The molecule has 2 heterocycles. The van der Waals surface area contributed by atoms with Crippen molar-refractivity contribution < 1.29 is 4.79 Å². The molecule has 0 saturated carbocycles. The third-order valence-electron chi connectivity index (χ3n) is 4.19. The number of hydrogen-bond acceptors (Lipinski definition) is 4. The summed E-state index contributed by atoms with van der Waals surface area (Å²) in [5.74, 6) is -0.221. The molecule has 0 amide bonds. The van der Waals surface area contributed by atoms with E-state index in [9.17, 15) is 4.79 Å². The maximum absolute atomic E-state index is 12.9. The summed E-state index contributed by atoms with van der Waals surface area (Å²) in [6.45, 7) is 0.592. The fraction of sp³-hybridized carbons (Fsp3) is 0.105. The normalized spacial score (nSPS) is 15.6. The van der Waals surface area contributed by atoms with Crippen LogP contribution in [0.1, 0.15) is 22.0 Å². The average molecular weight is 336 g/mol. The number of rotatable bonds is 3. The summed E-state index contributed by atoms with van der Waals surface area (Å²) in [4.78, 5) is 21.4. The Bertz CT molecular complexity index is 926. The highest BCUT2D eigenvalue weighted by atomic mass is 35.5. The summed E-state index contributed by atoms with van der Waals surface area (Å²) < 4.78 is 0. The van der Waals surface area contributed by atoms with Crippen LogP contribution in [-0.4, -0.2) is 22.3 Å². The quantitative estimate of drug-likeness (QED) is 0.729. The molecule has 1 N–H and O–H groups in total. The Morgan fingerprint density at radius 3 is 2.83 bits per heavy atom. The van der Waals surface area contributed by atoms with E-state index < -0.39 is 0 Å². The van der Waals surface area contributed by atoms with Crippen LogP contribution < -0.4 is 5.32 Å². The fourth-order valence-electron chi connectivity index (χ4n) is 2.99. The third kappa shape index (κ3) is 2.65. The van der Waals surface area contributed by atoms with Gasteiger partial charge in [0.2, 0.25) is 0 Å². The van der Waals surface area contributed by atoms with Gasteiger partial charge in [-0.3, -0.25) is 4.79 Å². The number of nitrogens with one attached hydrogen (secondary N) is 1. The van der Waals surface area contributed by atoms with Gasteiger partial charge < -0.3 is 5.32 Å². The number of anilines is 1. The Balaban J connectivity index is 1.68. The highest BCUT2D eigenvalue weighted by Crippen LogP contribution is 2.33. The van der Waals surface area contributed by atoms with E-state index in [0.29, 0.717) is 23.0 Å². The van der Waals surface area contributed by atoms with E-state index in [1.807, 2.05) is 42.5 Å². The Morgan fingerprint density at radius 2 is 1.96 bits per heavy atom. The van der Waals surface area contributed by atoms with Crippen molar-refractivity contribution >= 4 is 23.1 Å². The zero-order chi connectivity index (χ0) is 16.5. The molecule has 2 aromatic carbocycles. The van der Waals surface area contributed by atoms with Gasteiger partial charge in [0.05, 0.1) is 11.6 Å². The van der Waals surface area contributed by atoms with Crippen LogP contribution in [0, 0.1) is 0 Å². The molecule has 1 unspecified atom stereocenters. The molecule has 4 rings (SSSR count). The monoisotopic (exact) mass is 335 g/mol. The SMILES string of the molecule is O=C(c1cc(-c2cccc(Cl)c2)ncn1)C1CNc2ccccc21. The topological polar surface area (TPSA) is 54.9 Å². The van der Waals surface area contributed by atoms with E-state index in [1.165, 1.54) is 6.33 Å². The van der Waals surface area contributed by atoms with Crippen molar-refractivity contribution in [2.45, 2.75) is 5.92 Å². The van der Waals surface area contributed by atoms with Crippen molar-refractivity contribution in [2.75, 3.05) is 11.9 Å². The van der Waals surface area contributed by atoms with Crippen LogP contribution >= 0.6 is 11.6 Å². The van der Waals surface area contributed by atoms with Gasteiger partial charge in [-0.15, -0.1) is 0 Å². The lowest BCUT2D eigenvalue weighted by molar-refractivity contribution is 0.0961. The van der Waals surface area contributed by atoms with Gasteiger partial charge in [0.25, 0.3) is 0 Å². The number of benzene rings is 2. The summed E-state index contributed by atoms with van der Waals surface area (Å²) in [5, 5.41) is 3.91. The second kappa shape index (κ2) is 6.06. The van der Waals surface area contributed by atoms with Crippen molar-refractivity contribution in [3.8, 4) is 11.3 Å². The second-order valence-electron chi connectivity index (χ2n) is 5.68. The van der Waals surface area contributed by atoms with Crippen molar-refractivity contribution in [2.24, 2.45) is 0 Å². The van der Waals surface area contributed by atoms with Crippen LogP contribution in [-0.2, 0) is 0 Å². The zero-order valence-corrected chi connectivity index (χ0v) is 13.5. The first-order chi connectivity index (χ1) is 11.7. The average Bonchev–Trinajstić information content (AvgIpc) is 3.05. The first-order valence-electron chi connectivity index (χ1n) is 7.67. The number of halogens is 1. The van der Waals surface area contributed by atoms with Gasteiger partial charge in [-0.25, -0.2) is 9.97 Å². The van der Waals surface area contributed by atoms with E-state index in [4.69, 9.17) is 11.6 Å². The summed E-state index contributed by atoms with van der Waals surface area (Å²) in [6, 6.07) is 17.0. The van der Waals surface area contributed by atoms with Crippen molar-refractivity contribution in [1.29, 1.82) is 0 Å². The summed E-state index contributed by atoms with van der Waals surface area (Å²) in [5.41, 5.74) is 4.01. The van der Waals surface area contributed by atoms with Crippen molar-refractivity contribution in [1.82, 2.24) is 9.97 Å². The number of fused-ring (bicyclic) bond motifs is 1. The number of nitrogens with zero attached hydrogens (tertiary/aromatic N) is 2. The van der Waals surface area contributed by atoms with Crippen LogP contribution in [0.25, 0.3) is 11.3 Å². The number of aromatic nitrogens is 2. The van der Waals surface area contributed by atoms with E-state index in [2.05, 4.69) is 15.3 Å². The van der Waals surface area contributed by atoms with Crippen LogP contribution in [0.3, 0.4) is 0 Å². The Morgan fingerprint density at radius 1 is 1.08 bits per heavy atom. The lowest BCUT2D eigenvalue weighted by Gasteiger charge is -2.09. The minimum atomic E-state index is -0.219. The van der Waals surface area contributed by atoms with Gasteiger partial charge in [0.15, 0.2) is 5.78 Å². The molecule has 0 fully saturated rings. The molecule has 1 aliphatic rings. The van der Waals surface area contributed by atoms with E-state index in [1.54, 1.807) is 12.1 Å². The zero-order valence-electron chi connectivity index (χ0n) is 12.7. The Labute approximate surface area is 144 Å². The smallest absolute Gasteiger partial charge is 0.190 e. The Hall–Kier alpha value is -2.72. The van der Waals surface area contributed by atoms with Gasteiger partial charge in [0.1, 0.15) is 12.0 Å². The standard InChI is InChI=1S/C19H14ClN3O/c20-13-5-3-4-12(8-13)17-9-18(23-11-22-17)19(24)15-10-21-16-7-2-1-6-14(15)16/h1-9,11,15,21H,10H2. The molecule has 5 heteroatoms. The summed E-state index contributed by atoms with van der Waals surface area (Å²) in [6.07, 6.45) is 1.43. The summed E-state index contributed by atoms with van der Waals surface area (Å²) in [7, 11) is 0. The minimum Gasteiger partial charge on any atom is -0.384 e. The number of Topliss-reactive ketones (excluding diaryl/α,β-unsaturated/α-hetero) is 1. The van der Waals surface area contributed by atoms with E-state index in [-0.39, 0.29) is 11.7 Å². The van der Waals surface area contributed by atoms with Crippen LogP contribution in [0.2, 0.25) is 5.02 Å². The predicted octanol–water partition coefficient (Wildman–Crippen LogP) is 4.19. The van der Waals surface area contributed by atoms with Gasteiger partial charge in [-0.1, -0.05) is 41.9 Å². The third-order valence-corrected chi connectivity index (χ3v) is 4.42. The molecule has 0 aliphatic carbocycles. The fourth-order valence-corrected chi connectivity index (χ4v) is 3.18. The van der Waals surface area contributed by atoms with Crippen molar-refractivity contribution in [3.63, 3.8) is 0 Å². The van der Waals surface area contributed by atoms with Gasteiger partial charge >= 0.3 is 0 Å². The van der Waals surface area contributed by atoms with Crippen LogP contribution in [0.15, 0.2) is 60.9 Å². The minimum absolute atomic E-state index is 0.00173. The number of para-hydroxylation sites is 1. The Kier molecular flexibility index (Phi) is 3.75. The molecule has 1 aromatic heterocycles. The predicted molar refractivity (Wildman–Crippen MR) is 94.5 cm³/mol. The molecule has 0 bridgehead atoms. The molecule has 3 aromatic rings. The van der Waals surface area contributed by atoms with Crippen LogP contribution in [0.4, 0.5) is 5.69 Å². The number of carbonyl (C=O) groups excluding carboxylic acids is 1. The van der Waals surface area contributed by atoms with E-state index in [0.717, 1.165) is 16.8 Å². The van der Waals surface area contributed by atoms with Crippen molar-refractivity contribution in [3.05, 3.63) is 77.2 Å². The lowest BCUT2D eigenvalue weighted by atomic mass is 9.94. The van der Waals surface area contributed by atoms with Crippen LogP contribution in [0.5, 0.6) is 0 Å². The summed E-state index contributed by atoms with van der Waals surface area (Å²) >= 11 is 6.04. The number of ketones is 1. The maximum atomic E-state index is 12.9. The number of hydrogen-bond donors (Lipinski definition) is 1. The molecule has 118 valence electrons. The van der Waals surface area contributed by atoms with E-state index >= 15 is 0 Å². The largest absolute Gasteiger partial charge is 0.384 e. The first kappa shape index (κ1) is 14.8. The molecule has 0 radical (unpaired) electrons. The highest BCUT2D eigenvalue weighted by Gasteiger charge is 2.29. The lowest BCUT2D eigenvalue weighted by Crippen LogP contribution is -2.16. The molecule has 0 spiro atoms. The van der Waals surface area contributed by atoms with Gasteiger partial charge in [-0.2, -0.15) is 0 Å². The van der Waals surface area contributed by atoms with Gasteiger partial charge in [-0.05, 0) is 29.8 Å². The highest BCUT2D eigenvalue weighted by molar-refractivity contribution is 6.30. The molecule has 24 heavy (non-hydrogen) atoms. The molecule has 1 atom stereocenters. The second-order valence-corrected chi connectivity index (χ2v) is 6.12. The molecule has 1 aliphatic heterocycles. The number of carbonyl (C=O) groups is 1. The molecular weight excluding hydrogens is 322 g/mol.